The van der Waals surface area contributed by atoms with Crippen LogP contribution < -0.4 is 10.6 Å². The van der Waals surface area contributed by atoms with Crippen molar-refractivity contribution in [2.45, 2.75) is 66.0 Å². The zero-order valence-corrected chi connectivity index (χ0v) is 14.1. The molecule has 0 aromatic heterocycles. The van der Waals surface area contributed by atoms with Crippen LogP contribution in [0, 0.1) is 5.92 Å². The summed E-state index contributed by atoms with van der Waals surface area (Å²) in [7, 11) is 0. The Morgan fingerprint density at radius 1 is 1.15 bits per heavy atom. The van der Waals surface area contributed by atoms with Crippen LogP contribution in [0.25, 0.3) is 0 Å². The Morgan fingerprint density at radius 3 is 2.30 bits per heavy atom. The first-order valence-corrected chi connectivity index (χ1v) is 8.37. The van der Waals surface area contributed by atoms with Crippen LogP contribution in [0.1, 0.15) is 53.9 Å². The van der Waals surface area contributed by atoms with E-state index >= 15 is 0 Å². The van der Waals surface area contributed by atoms with E-state index in [4.69, 9.17) is 4.99 Å². The highest BCUT2D eigenvalue weighted by Crippen LogP contribution is 2.17. The van der Waals surface area contributed by atoms with Gasteiger partial charge < -0.3 is 10.6 Å². The fourth-order valence-electron chi connectivity index (χ4n) is 2.66. The van der Waals surface area contributed by atoms with Gasteiger partial charge in [-0.25, -0.2) is 0 Å². The molecule has 2 N–H and O–H groups in total. The lowest BCUT2D eigenvalue weighted by Gasteiger charge is -2.30. The smallest absolute Gasteiger partial charge is 0.191 e. The van der Waals surface area contributed by atoms with Crippen molar-refractivity contribution in [3.63, 3.8) is 0 Å². The minimum absolute atomic E-state index is 0.470. The Balaban J connectivity index is 2.61. The molecular formula is C16H34N4. The molecule has 0 saturated carbocycles. The average Bonchev–Trinajstić information content (AvgIpc) is 2.92. The standard InChI is InChI=1S/C16H34N4/c1-6-14(5)19-16(17-7-2)18-12-15(13(3)4)20-10-8-9-11-20/h13-15H,6-12H2,1-5H3,(H2,17,18,19). The van der Waals surface area contributed by atoms with Crippen molar-refractivity contribution in [2.24, 2.45) is 10.9 Å². The summed E-state index contributed by atoms with van der Waals surface area (Å²) in [5.74, 6) is 1.62. The van der Waals surface area contributed by atoms with Crippen molar-refractivity contribution in [3.8, 4) is 0 Å². The second-order valence-electron chi connectivity index (χ2n) is 6.23. The molecule has 0 aromatic carbocycles. The van der Waals surface area contributed by atoms with E-state index in [1.165, 1.54) is 25.9 Å². The molecule has 1 fully saturated rings. The van der Waals surface area contributed by atoms with Gasteiger partial charge in [0.05, 0.1) is 6.54 Å². The van der Waals surface area contributed by atoms with Gasteiger partial charge in [-0.15, -0.1) is 0 Å². The summed E-state index contributed by atoms with van der Waals surface area (Å²) in [5.41, 5.74) is 0. The lowest BCUT2D eigenvalue weighted by atomic mass is 10.0. The van der Waals surface area contributed by atoms with Crippen LogP contribution in [0.15, 0.2) is 4.99 Å². The summed E-state index contributed by atoms with van der Waals surface area (Å²) in [4.78, 5) is 7.43. The molecule has 4 nitrogen and oxygen atoms in total. The number of hydrogen-bond acceptors (Lipinski definition) is 2. The highest BCUT2D eigenvalue weighted by molar-refractivity contribution is 5.80. The van der Waals surface area contributed by atoms with Crippen molar-refractivity contribution < 1.29 is 0 Å². The first kappa shape index (κ1) is 17.3. The summed E-state index contributed by atoms with van der Waals surface area (Å²) in [6.07, 6.45) is 3.81. The molecule has 118 valence electrons. The molecule has 0 aromatic rings. The van der Waals surface area contributed by atoms with E-state index in [1.54, 1.807) is 0 Å². The Bertz CT molecular complexity index is 282. The maximum absolute atomic E-state index is 4.82. The van der Waals surface area contributed by atoms with Crippen LogP contribution in [-0.2, 0) is 0 Å². The van der Waals surface area contributed by atoms with E-state index in [0.29, 0.717) is 18.0 Å². The van der Waals surface area contributed by atoms with E-state index in [1.807, 2.05) is 0 Å². The van der Waals surface area contributed by atoms with Crippen molar-refractivity contribution in [2.75, 3.05) is 26.2 Å². The number of nitrogens with one attached hydrogen (secondary N) is 2. The molecule has 1 aliphatic rings. The van der Waals surface area contributed by atoms with Crippen LogP contribution in [0.4, 0.5) is 0 Å². The summed E-state index contributed by atoms with van der Waals surface area (Å²) in [6, 6.07) is 1.04. The van der Waals surface area contributed by atoms with Crippen molar-refractivity contribution in [1.82, 2.24) is 15.5 Å². The third-order valence-corrected chi connectivity index (χ3v) is 4.16. The van der Waals surface area contributed by atoms with E-state index < -0.39 is 0 Å². The lowest BCUT2D eigenvalue weighted by molar-refractivity contribution is 0.197. The quantitative estimate of drug-likeness (QED) is 0.556. The first-order valence-electron chi connectivity index (χ1n) is 8.37. The fourth-order valence-corrected chi connectivity index (χ4v) is 2.66. The monoisotopic (exact) mass is 282 g/mol. The van der Waals surface area contributed by atoms with Crippen LogP contribution in [0.2, 0.25) is 0 Å². The molecule has 0 bridgehead atoms. The minimum Gasteiger partial charge on any atom is -0.357 e. The Hall–Kier alpha value is -0.770. The Morgan fingerprint density at radius 2 is 1.80 bits per heavy atom. The van der Waals surface area contributed by atoms with Crippen molar-refractivity contribution in [1.29, 1.82) is 0 Å². The number of rotatable bonds is 7. The van der Waals surface area contributed by atoms with E-state index in [2.05, 4.69) is 50.2 Å². The Kier molecular flexibility index (Phi) is 7.97. The molecule has 4 heteroatoms. The number of likely N-dealkylation sites (tertiary alicyclic amines) is 1. The summed E-state index contributed by atoms with van der Waals surface area (Å²) >= 11 is 0. The average molecular weight is 282 g/mol. The highest BCUT2D eigenvalue weighted by Gasteiger charge is 2.24. The zero-order chi connectivity index (χ0) is 15.0. The van der Waals surface area contributed by atoms with E-state index in [-0.39, 0.29) is 0 Å². The predicted molar refractivity (Wildman–Crippen MR) is 88.3 cm³/mol. The van der Waals surface area contributed by atoms with Crippen LogP contribution in [0.3, 0.4) is 0 Å². The second-order valence-corrected chi connectivity index (χ2v) is 6.23. The van der Waals surface area contributed by atoms with E-state index in [9.17, 15) is 0 Å². The van der Waals surface area contributed by atoms with Crippen molar-refractivity contribution in [3.05, 3.63) is 0 Å². The minimum atomic E-state index is 0.470. The molecule has 1 aliphatic heterocycles. The fraction of sp³-hybridized carbons (Fsp3) is 0.938. The first-order chi connectivity index (χ1) is 9.58. The number of nitrogens with zero attached hydrogens (tertiary/aromatic N) is 2. The third-order valence-electron chi connectivity index (χ3n) is 4.16. The van der Waals surface area contributed by atoms with Gasteiger partial charge in [-0.1, -0.05) is 20.8 Å². The normalized spacial score (nSPS) is 20.2. The molecular weight excluding hydrogens is 248 g/mol. The molecule has 0 spiro atoms. The lowest BCUT2D eigenvalue weighted by Crippen LogP contribution is -2.44. The van der Waals surface area contributed by atoms with Gasteiger partial charge in [0.15, 0.2) is 5.96 Å². The van der Waals surface area contributed by atoms with E-state index in [0.717, 1.165) is 25.5 Å². The van der Waals surface area contributed by atoms with Crippen LogP contribution in [0.5, 0.6) is 0 Å². The molecule has 2 atom stereocenters. The second kappa shape index (κ2) is 9.22. The topological polar surface area (TPSA) is 39.7 Å². The molecule has 20 heavy (non-hydrogen) atoms. The Labute approximate surface area is 125 Å². The molecule has 0 aliphatic carbocycles. The maximum Gasteiger partial charge on any atom is 0.191 e. The van der Waals surface area contributed by atoms with Gasteiger partial charge in [-0.05, 0) is 52.1 Å². The number of guanidine groups is 1. The van der Waals surface area contributed by atoms with Crippen LogP contribution >= 0.6 is 0 Å². The maximum atomic E-state index is 4.82. The zero-order valence-electron chi connectivity index (χ0n) is 14.1. The molecule has 2 unspecified atom stereocenters. The van der Waals surface area contributed by atoms with Gasteiger partial charge >= 0.3 is 0 Å². The molecule has 1 heterocycles. The SMILES string of the molecule is CCNC(=NCC(C(C)C)N1CCCC1)NC(C)CC. The number of aliphatic imine (C=N–C) groups is 1. The summed E-state index contributed by atoms with van der Waals surface area (Å²) in [6.45, 7) is 15.4. The van der Waals surface area contributed by atoms with Gasteiger partial charge in [-0.3, -0.25) is 9.89 Å². The molecule has 0 radical (unpaired) electrons. The molecule has 1 saturated heterocycles. The van der Waals surface area contributed by atoms with Crippen LogP contribution in [-0.4, -0.2) is 49.1 Å². The summed E-state index contributed by atoms with van der Waals surface area (Å²) < 4.78 is 0. The highest BCUT2D eigenvalue weighted by atomic mass is 15.2. The van der Waals surface area contributed by atoms with Gasteiger partial charge in [-0.2, -0.15) is 0 Å². The third kappa shape index (κ3) is 5.70. The predicted octanol–water partition coefficient (Wildman–Crippen LogP) is 2.46. The number of hydrogen-bond donors (Lipinski definition) is 2. The summed E-state index contributed by atoms with van der Waals surface area (Å²) in [5, 5.41) is 6.83. The van der Waals surface area contributed by atoms with Gasteiger partial charge in [0.1, 0.15) is 0 Å². The van der Waals surface area contributed by atoms with Gasteiger partial charge in [0, 0.05) is 18.6 Å². The largest absolute Gasteiger partial charge is 0.357 e. The molecule has 0 amide bonds. The van der Waals surface area contributed by atoms with Gasteiger partial charge in [0.25, 0.3) is 0 Å². The van der Waals surface area contributed by atoms with Crippen molar-refractivity contribution >= 4 is 5.96 Å². The molecule has 1 rings (SSSR count). The van der Waals surface area contributed by atoms with Gasteiger partial charge in [0.2, 0.25) is 0 Å².